The Bertz CT molecular complexity index is 718. The van der Waals surface area contributed by atoms with Crippen LogP contribution in [0.25, 0.3) is 0 Å². The van der Waals surface area contributed by atoms with Crippen molar-refractivity contribution in [3.05, 3.63) is 61.8 Å². The maximum atomic E-state index is 13.2. The molecule has 6 heteroatoms. The molecule has 0 saturated carbocycles. The molecule has 0 atom stereocenters. The van der Waals surface area contributed by atoms with E-state index >= 15 is 0 Å². The lowest BCUT2D eigenvalue weighted by Crippen LogP contribution is -1.99. The summed E-state index contributed by atoms with van der Waals surface area (Å²) in [6.45, 7) is 0.173. The van der Waals surface area contributed by atoms with Crippen LogP contribution < -0.4 is 4.74 Å². The number of nitriles is 1. The number of ether oxygens (including phenoxy) is 1. The third-order valence-electron chi connectivity index (χ3n) is 2.69. The summed E-state index contributed by atoms with van der Waals surface area (Å²) < 4.78 is 20.1. The molecular formula is C15H8Br2FNO2. The summed E-state index contributed by atoms with van der Waals surface area (Å²) in [4.78, 5) is 10.8. The number of hydrogen-bond donors (Lipinski definition) is 0. The fraction of sp³-hybridized carbons (Fsp3) is 0.0667. The maximum absolute atomic E-state index is 13.2. The number of carbonyl (C=O) groups excluding carboxylic acids is 1. The van der Waals surface area contributed by atoms with Crippen LogP contribution in [0.2, 0.25) is 0 Å². The standard InChI is InChI=1S/C15H8Br2FNO2/c16-12-4-10(7-20)5-13(17)15(12)21-8-9-1-2-14(18)11(3-9)6-19/h1-5,7H,8H2. The van der Waals surface area contributed by atoms with Crippen molar-refractivity contribution in [3.8, 4) is 11.8 Å². The zero-order valence-electron chi connectivity index (χ0n) is 10.6. The van der Waals surface area contributed by atoms with Gasteiger partial charge in [-0.25, -0.2) is 4.39 Å². The lowest BCUT2D eigenvalue weighted by Gasteiger charge is -2.11. The number of hydrogen-bond acceptors (Lipinski definition) is 3. The van der Waals surface area contributed by atoms with Gasteiger partial charge in [-0.1, -0.05) is 6.07 Å². The molecule has 0 fully saturated rings. The fourth-order valence-electron chi connectivity index (χ4n) is 1.69. The van der Waals surface area contributed by atoms with Crippen LogP contribution in [-0.2, 0) is 6.61 Å². The molecule has 0 N–H and O–H groups in total. The molecule has 21 heavy (non-hydrogen) atoms. The fourth-order valence-corrected chi connectivity index (χ4v) is 3.14. The van der Waals surface area contributed by atoms with Gasteiger partial charge in [0.15, 0.2) is 0 Å². The first-order valence-electron chi connectivity index (χ1n) is 5.80. The highest BCUT2D eigenvalue weighted by atomic mass is 79.9. The highest BCUT2D eigenvalue weighted by Gasteiger charge is 2.10. The van der Waals surface area contributed by atoms with Gasteiger partial charge in [0.25, 0.3) is 0 Å². The van der Waals surface area contributed by atoms with Crippen molar-refractivity contribution in [1.29, 1.82) is 5.26 Å². The molecule has 0 heterocycles. The van der Waals surface area contributed by atoms with Gasteiger partial charge in [0.2, 0.25) is 0 Å². The first-order chi connectivity index (χ1) is 10.0. The minimum absolute atomic E-state index is 0.0227. The third-order valence-corrected chi connectivity index (χ3v) is 3.87. The van der Waals surface area contributed by atoms with E-state index in [0.717, 1.165) is 6.29 Å². The Morgan fingerprint density at radius 1 is 1.24 bits per heavy atom. The molecule has 106 valence electrons. The van der Waals surface area contributed by atoms with Gasteiger partial charge in [0, 0.05) is 5.56 Å². The van der Waals surface area contributed by atoms with Gasteiger partial charge in [-0.2, -0.15) is 5.26 Å². The van der Waals surface area contributed by atoms with E-state index in [2.05, 4.69) is 31.9 Å². The lowest BCUT2D eigenvalue weighted by molar-refractivity contribution is 0.112. The lowest BCUT2D eigenvalue weighted by atomic mass is 10.1. The van der Waals surface area contributed by atoms with Gasteiger partial charge in [0.1, 0.15) is 30.5 Å². The first-order valence-corrected chi connectivity index (χ1v) is 7.39. The van der Waals surface area contributed by atoms with Crippen molar-refractivity contribution in [3.63, 3.8) is 0 Å². The summed E-state index contributed by atoms with van der Waals surface area (Å²) in [7, 11) is 0. The van der Waals surface area contributed by atoms with Gasteiger partial charge in [-0.3, -0.25) is 4.79 Å². The SMILES string of the molecule is N#Cc1cc(COc2c(Br)cc(C=O)cc2Br)ccc1F. The van der Waals surface area contributed by atoms with Crippen LogP contribution in [0.3, 0.4) is 0 Å². The Morgan fingerprint density at radius 2 is 1.90 bits per heavy atom. The van der Waals surface area contributed by atoms with E-state index in [1.807, 2.05) is 0 Å². The summed E-state index contributed by atoms with van der Waals surface area (Å²) in [6.07, 6.45) is 0.735. The predicted octanol–water partition coefficient (Wildman–Crippen LogP) is 4.61. The highest BCUT2D eigenvalue weighted by molar-refractivity contribution is 9.11. The number of benzene rings is 2. The molecular weight excluding hydrogens is 405 g/mol. The highest BCUT2D eigenvalue weighted by Crippen LogP contribution is 2.35. The monoisotopic (exact) mass is 411 g/mol. The van der Waals surface area contributed by atoms with E-state index in [-0.39, 0.29) is 12.2 Å². The summed E-state index contributed by atoms with van der Waals surface area (Å²) in [6, 6.07) is 9.29. The average molecular weight is 413 g/mol. The zero-order chi connectivity index (χ0) is 15.4. The van der Waals surface area contributed by atoms with Crippen molar-refractivity contribution in [1.82, 2.24) is 0 Å². The van der Waals surface area contributed by atoms with Gasteiger partial charge in [-0.15, -0.1) is 0 Å². The molecule has 0 spiro atoms. The van der Waals surface area contributed by atoms with Crippen LogP contribution in [-0.4, -0.2) is 6.29 Å². The van der Waals surface area contributed by atoms with Crippen LogP contribution in [0.4, 0.5) is 4.39 Å². The van der Waals surface area contributed by atoms with E-state index in [1.165, 1.54) is 12.1 Å². The molecule has 0 aliphatic heterocycles. The number of halogens is 3. The zero-order valence-corrected chi connectivity index (χ0v) is 13.7. The Morgan fingerprint density at radius 3 is 2.48 bits per heavy atom. The molecule has 0 saturated heterocycles. The second-order valence-corrected chi connectivity index (χ2v) is 5.85. The molecule has 0 aliphatic rings. The number of nitrogens with zero attached hydrogens (tertiary/aromatic N) is 1. The quantitative estimate of drug-likeness (QED) is 0.688. The van der Waals surface area contributed by atoms with E-state index < -0.39 is 5.82 Å². The Balaban J connectivity index is 2.21. The molecule has 0 radical (unpaired) electrons. The first kappa shape index (κ1) is 15.7. The second-order valence-electron chi connectivity index (χ2n) is 4.15. The van der Waals surface area contributed by atoms with Crippen LogP contribution >= 0.6 is 31.9 Å². The van der Waals surface area contributed by atoms with E-state index in [0.29, 0.717) is 25.8 Å². The van der Waals surface area contributed by atoms with Crippen LogP contribution in [0.15, 0.2) is 39.3 Å². The van der Waals surface area contributed by atoms with Crippen molar-refractivity contribution in [2.24, 2.45) is 0 Å². The predicted molar refractivity (Wildman–Crippen MR) is 82.7 cm³/mol. The topological polar surface area (TPSA) is 50.1 Å². The van der Waals surface area contributed by atoms with Gasteiger partial charge >= 0.3 is 0 Å². The maximum Gasteiger partial charge on any atom is 0.150 e. The van der Waals surface area contributed by atoms with Crippen molar-refractivity contribution >= 4 is 38.1 Å². The largest absolute Gasteiger partial charge is 0.487 e. The Hall–Kier alpha value is -1.71. The van der Waals surface area contributed by atoms with Gasteiger partial charge in [-0.05, 0) is 61.7 Å². The summed E-state index contributed by atoms with van der Waals surface area (Å²) >= 11 is 6.65. The van der Waals surface area contributed by atoms with E-state index in [4.69, 9.17) is 10.00 Å². The summed E-state index contributed by atoms with van der Waals surface area (Å²) in [5.74, 6) is -0.0256. The average Bonchev–Trinajstić information content (AvgIpc) is 2.47. The van der Waals surface area contributed by atoms with Crippen LogP contribution in [0.5, 0.6) is 5.75 Å². The van der Waals surface area contributed by atoms with Gasteiger partial charge in [0.05, 0.1) is 14.5 Å². The van der Waals surface area contributed by atoms with Crippen LogP contribution in [0.1, 0.15) is 21.5 Å². The molecule has 0 bridgehead atoms. The van der Waals surface area contributed by atoms with Crippen molar-refractivity contribution in [2.75, 3.05) is 0 Å². The minimum Gasteiger partial charge on any atom is -0.487 e. The second kappa shape index (κ2) is 6.83. The smallest absolute Gasteiger partial charge is 0.150 e. The van der Waals surface area contributed by atoms with Crippen LogP contribution in [0, 0.1) is 17.1 Å². The summed E-state index contributed by atoms with van der Waals surface area (Å²) in [5, 5.41) is 8.80. The molecule has 0 aromatic heterocycles. The third kappa shape index (κ3) is 3.69. The normalized spacial score (nSPS) is 10.0. The molecule has 2 rings (SSSR count). The minimum atomic E-state index is -0.557. The van der Waals surface area contributed by atoms with Crippen molar-refractivity contribution in [2.45, 2.75) is 6.61 Å². The number of aldehydes is 1. The Labute approximate surface area is 137 Å². The molecule has 0 aliphatic carbocycles. The molecule has 2 aromatic rings. The number of carbonyl (C=O) groups is 1. The molecule has 0 unspecified atom stereocenters. The Kier molecular flexibility index (Phi) is 5.10. The summed E-state index contributed by atoms with van der Waals surface area (Å²) in [5.41, 5.74) is 1.16. The molecule has 2 aromatic carbocycles. The van der Waals surface area contributed by atoms with E-state index in [9.17, 15) is 9.18 Å². The van der Waals surface area contributed by atoms with Gasteiger partial charge < -0.3 is 4.74 Å². The van der Waals surface area contributed by atoms with E-state index in [1.54, 1.807) is 24.3 Å². The molecule has 0 amide bonds. The van der Waals surface area contributed by atoms with Crippen molar-refractivity contribution < 1.29 is 13.9 Å². The molecule has 3 nitrogen and oxygen atoms in total. The number of rotatable bonds is 4.